The standard InChI is InChI=1S/C3H6N.BO3.FH/c1-4(2)3;2-1(3)4;/h1-2H3;;1H/q+3;-3;. The molecule has 0 aromatic heterocycles. The summed E-state index contributed by atoms with van der Waals surface area (Å²) in [5.41, 5.74) is 0. The van der Waals surface area contributed by atoms with Crippen molar-refractivity contribution in [1.29, 1.82) is 0 Å². The molecule has 4 nitrogen and oxygen atoms in total. The molecule has 0 bridgehead atoms. The van der Waals surface area contributed by atoms with Crippen molar-refractivity contribution in [2.24, 2.45) is 0 Å². The quantitative estimate of drug-likeness (QED) is 0.320. The van der Waals surface area contributed by atoms with Crippen molar-refractivity contribution in [3.8, 4) is 0 Å². The van der Waals surface area contributed by atoms with Gasteiger partial charge >= 0.3 is 26.0 Å². The summed E-state index contributed by atoms with van der Waals surface area (Å²) in [6.45, 7) is 0. The number of rotatable bonds is 0. The van der Waals surface area contributed by atoms with Gasteiger partial charge in [-0.15, -0.1) is 0 Å². The average Bonchev–Trinajstić information content (AvgIpc) is 1.25. The predicted octanol–water partition coefficient (Wildman–Crippen LogP) is -3.70. The average molecular weight is 135 g/mol. The van der Waals surface area contributed by atoms with E-state index < -0.39 is 7.32 Å². The second-order valence-electron chi connectivity index (χ2n) is 1.18. The molecule has 0 aromatic rings. The van der Waals surface area contributed by atoms with Crippen LogP contribution in [0.15, 0.2) is 0 Å². The van der Waals surface area contributed by atoms with Crippen LogP contribution in [0.5, 0.6) is 0 Å². The van der Waals surface area contributed by atoms with Crippen LogP contribution in [0.2, 0.25) is 0 Å². The summed E-state index contributed by atoms with van der Waals surface area (Å²) in [7, 11) is 6.83. The fraction of sp³-hybridized carbons (Fsp3) is 0.667. The smallest absolute Gasteiger partial charge is 0.278 e. The molecule has 0 unspecified atom stereocenters. The topological polar surface area (TPSA) is 72.4 Å². The zero-order valence-corrected chi connectivity index (χ0v) is 5.16. The fourth-order valence-electron chi connectivity index (χ4n) is 0. The van der Waals surface area contributed by atoms with Gasteiger partial charge in [0.25, 0.3) is 0 Å². The van der Waals surface area contributed by atoms with Crippen molar-refractivity contribution in [1.82, 2.24) is 4.90 Å². The molecule has 0 heterocycles. The van der Waals surface area contributed by atoms with Crippen molar-refractivity contribution in [2.75, 3.05) is 14.1 Å². The number of hydrogen-bond acceptors (Lipinski definition) is 4. The molecular weight excluding hydrogens is 128 g/mol. The van der Waals surface area contributed by atoms with E-state index in [-0.39, 0.29) is 4.70 Å². The molecule has 0 aliphatic carbocycles. The Hall–Kier alpha value is -0.165. The van der Waals surface area contributed by atoms with Crippen LogP contribution < -0.4 is 15.1 Å². The largest absolute Gasteiger partial charge is 0.907 e. The van der Waals surface area contributed by atoms with Crippen LogP contribution in [-0.2, 0) is 0 Å². The summed E-state index contributed by atoms with van der Waals surface area (Å²) in [5.74, 6) is 0. The van der Waals surface area contributed by atoms with Crippen LogP contribution in [-0.4, -0.2) is 26.3 Å². The number of nitrogens with zero attached hydrogens (tertiary/aromatic N) is 1. The third-order valence-corrected chi connectivity index (χ3v) is 0. The summed E-state index contributed by atoms with van der Waals surface area (Å²) < 4.78 is 0. The van der Waals surface area contributed by atoms with Gasteiger partial charge < -0.3 is 15.1 Å². The molecule has 9 heavy (non-hydrogen) atoms. The fourth-order valence-corrected chi connectivity index (χ4v) is 0. The van der Waals surface area contributed by atoms with Crippen molar-refractivity contribution < 1.29 is 19.8 Å². The minimum Gasteiger partial charge on any atom is -0.907 e. The first-order valence-corrected chi connectivity index (χ1v) is 1.83. The van der Waals surface area contributed by atoms with Gasteiger partial charge in [-0.25, -0.2) is 0 Å². The van der Waals surface area contributed by atoms with Crippen molar-refractivity contribution in [3.05, 3.63) is 7.05 Å². The van der Waals surface area contributed by atoms with Crippen LogP contribution in [0, 0.1) is 7.05 Å². The molecule has 0 amide bonds. The zero-order chi connectivity index (χ0) is 7.15. The van der Waals surface area contributed by atoms with Crippen LogP contribution in [0.25, 0.3) is 0 Å². The van der Waals surface area contributed by atoms with Gasteiger partial charge in [-0.05, 0) is 0 Å². The van der Waals surface area contributed by atoms with Gasteiger partial charge in [0.15, 0.2) is 0 Å². The van der Waals surface area contributed by atoms with E-state index in [4.69, 9.17) is 22.1 Å². The minimum absolute atomic E-state index is 0. The van der Waals surface area contributed by atoms with Crippen molar-refractivity contribution in [2.45, 2.75) is 0 Å². The van der Waals surface area contributed by atoms with Crippen molar-refractivity contribution in [3.63, 3.8) is 0 Å². The van der Waals surface area contributed by atoms with Crippen molar-refractivity contribution >= 4 is 7.32 Å². The Labute approximate surface area is 54.3 Å². The Morgan fingerprint density at radius 2 is 1.22 bits per heavy atom. The maximum absolute atomic E-state index is 8.42. The molecule has 0 N–H and O–H groups in total. The Balaban J connectivity index is -0.0000000720. The Bertz CT molecular complexity index is 34.5. The molecule has 0 saturated heterocycles. The SMILES string of the molecule is F.[C+3]N(C)C.[O-]B([O-])[O-]. The maximum atomic E-state index is 8.42. The molecular formula is C3H7BFNO3. The molecule has 0 atom stereocenters. The van der Waals surface area contributed by atoms with E-state index in [1.54, 1.807) is 14.1 Å². The van der Waals surface area contributed by atoms with Gasteiger partial charge in [-0.3, -0.25) is 12.0 Å². The van der Waals surface area contributed by atoms with Gasteiger partial charge in [0, 0.05) is 0 Å². The Morgan fingerprint density at radius 1 is 1.22 bits per heavy atom. The summed E-state index contributed by atoms with van der Waals surface area (Å²) in [6, 6.07) is 0. The summed E-state index contributed by atoms with van der Waals surface area (Å²) in [6.07, 6.45) is 0. The molecule has 6 heteroatoms. The number of hydrogen-bond donors (Lipinski definition) is 0. The number of halogens is 1. The second kappa shape index (κ2) is 10.8. The van der Waals surface area contributed by atoms with Gasteiger partial charge in [-0.2, -0.15) is 0 Å². The van der Waals surface area contributed by atoms with E-state index in [1.807, 2.05) is 0 Å². The third-order valence-electron chi connectivity index (χ3n) is 0. The summed E-state index contributed by atoms with van der Waals surface area (Å²) in [4.78, 5) is 1.25. The van der Waals surface area contributed by atoms with E-state index in [2.05, 4.69) is 0 Å². The summed E-state index contributed by atoms with van der Waals surface area (Å²) >= 11 is 0. The Kier molecular flexibility index (Phi) is 19.0. The first-order chi connectivity index (χ1) is 3.46. The molecule has 52 valence electrons. The van der Waals surface area contributed by atoms with Gasteiger partial charge in [0.2, 0.25) is 0 Å². The van der Waals surface area contributed by atoms with E-state index in [0.29, 0.717) is 0 Å². The maximum Gasteiger partial charge on any atom is -0.278 e. The van der Waals surface area contributed by atoms with E-state index in [9.17, 15) is 0 Å². The molecule has 0 rings (SSSR count). The van der Waals surface area contributed by atoms with E-state index >= 15 is 0 Å². The molecule has 0 aliphatic rings. The molecule has 0 radical (unpaired) electrons. The Morgan fingerprint density at radius 3 is 1.22 bits per heavy atom. The molecule has 0 spiro atoms. The van der Waals surface area contributed by atoms with Crippen LogP contribution in [0.3, 0.4) is 0 Å². The molecule has 0 aliphatic heterocycles. The van der Waals surface area contributed by atoms with Gasteiger partial charge in [0.1, 0.15) is 0 Å². The minimum atomic E-state index is -2.92. The summed E-state index contributed by atoms with van der Waals surface area (Å²) in [5, 5.41) is 25.2. The van der Waals surface area contributed by atoms with Crippen LogP contribution in [0.1, 0.15) is 0 Å². The van der Waals surface area contributed by atoms with Gasteiger partial charge in [0.05, 0.1) is 0 Å². The van der Waals surface area contributed by atoms with Crippen LogP contribution >= 0.6 is 0 Å². The van der Waals surface area contributed by atoms with Crippen LogP contribution in [0.4, 0.5) is 4.70 Å². The first kappa shape index (κ1) is 15.9. The van der Waals surface area contributed by atoms with E-state index in [0.717, 1.165) is 0 Å². The molecule has 0 saturated carbocycles. The second-order valence-corrected chi connectivity index (χ2v) is 1.18. The molecule has 0 aromatic carbocycles. The first-order valence-electron chi connectivity index (χ1n) is 1.83. The zero-order valence-electron chi connectivity index (χ0n) is 5.16. The third kappa shape index (κ3) is 9790. The predicted molar refractivity (Wildman–Crippen MR) is 25.2 cm³/mol. The van der Waals surface area contributed by atoms with Gasteiger partial charge in [-0.1, -0.05) is 0 Å². The monoisotopic (exact) mass is 135 g/mol. The van der Waals surface area contributed by atoms with E-state index in [1.165, 1.54) is 4.90 Å². The molecule has 0 fully saturated rings. The normalized spacial score (nSPS) is 7.11.